The zero-order valence-electron chi connectivity index (χ0n) is 21.9. The van der Waals surface area contributed by atoms with Gasteiger partial charge in [0, 0.05) is 67.3 Å². The summed E-state index contributed by atoms with van der Waals surface area (Å²) in [5, 5.41) is 8.06. The zero-order chi connectivity index (χ0) is 27.7. The van der Waals surface area contributed by atoms with Crippen LogP contribution in [0.4, 0.5) is 17.1 Å². The van der Waals surface area contributed by atoms with Crippen molar-refractivity contribution < 1.29 is 9.59 Å². The number of carbonyl (C=O) groups excluding carboxylic acids is 2. The summed E-state index contributed by atoms with van der Waals surface area (Å²) >= 11 is 8.17. The number of nitrogens with two attached hydrogens (primary N) is 1. The molecule has 0 fully saturated rings. The second-order valence-corrected chi connectivity index (χ2v) is 11.7. The van der Waals surface area contributed by atoms with Gasteiger partial charge in [0.05, 0.1) is 0 Å². The maximum Gasteiger partial charge on any atom is 0.274 e. The zero-order valence-corrected chi connectivity index (χ0v) is 23.5. The van der Waals surface area contributed by atoms with Crippen molar-refractivity contribution >= 4 is 83.7 Å². The lowest BCUT2D eigenvalue weighted by Crippen LogP contribution is -2.30. The number of anilines is 3. The Labute approximate surface area is 238 Å². The number of nitrogens with one attached hydrogen (secondary N) is 3. The summed E-state index contributed by atoms with van der Waals surface area (Å²) < 4.78 is 1.26. The Hall–Kier alpha value is -4.27. The molecule has 200 valence electrons. The Morgan fingerprint density at radius 1 is 1.00 bits per heavy atom. The first-order valence-corrected chi connectivity index (χ1v) is 14.4. The molecule has 3 aromatic heterocycles. The van der Waals surface area contributed by atoms with Gasteiger partial charge < -0.3 is 25.9 Å². The second-order valence-electron chi connectivity index (χ2n) is 10.5. The quantitative estimate of drug-likeness (QED) is 0.133. The molecule has 7 nitrogen and oxygen atoms in total. The first-order valence-electron chi connectivity index (χ1n) is 13.0. The van der Waals surface area contributed by atoms with Gasteiger partial charge in [-0.3, -0.25) is 9.59 Å². The van der Waals surface area contributed by atoms with Gasteiger partial charge in [-0.2, -0.15) is 0 Å². The minimum absolute atomic E-state index is 0.0734. The number of fused-ring (bicyclic) bond motifs is 5. The van der Waals surface area contributed by atoms with E-state index in [-0.39, 0.29) is 17.7 Å². The molecular weight excluding hydrogens is 542 g/mol. The van der Waals surface area contributed by atoms with Gasteiger partial charge in [0.25, 0.3) is 11.8 Å². The van der Waals surface area contributed by atoms with Crippen molar-refractivity contribution in [2.75, 3.05) is 28.4 Å². The van der Waals surface area contributed by atoms with Crippen molar-refractivity contribution in [1.29, 1.82) is 0 Å². The first kappa shape index (κ1) is 24.7. The maximum atomic E-state index is 13.8. The third-order valence-electron chi connectivity index (χ3n) is 7.76. The van der Waals surface area contributed by atoms with Gasteiger partial charge in [0.1, 0.15) is 11.4 Å². The van der Waals surface area contributed by atoms with E-state index in [0.717, 1.165) is 33.1 Å². The van der Waals surface area contributed by atoms with Gasteiger partial charge in [-0.1, -0.05) is 0 Å². The number of hydrogen-bond acceptors (Lipinski definition) is 4. The average Bonchev–Trinajstić information content (AvgIpc) is 3.71. The van der Waals surface area contributed by atoms with Gasteiger partial charge in [-0.05, 0) is 90.5 Å². The summed E-state index contributed by atoms with van der Waals surface area (Å²) in [5.41, 5.74) is 14.2. The highest BCUT2D eigenvalue weighted by molar-refractivity contribution is 7.17. The molecule has 2 amide bonds. The highest BCUT2D eigenvalue weighted by Gasteiger charge is 2.35. The maximum absolute atomic E-state index is 13.8. The number of H-pyrrole nitrogens is 2. The fraction of sp³-hybridized carbons (Fsp3) is 0.161. The number of aromatic amines is 2. The third kappa shape index (κ3) is 3.86. The molecule has 40 heavy (non-hydrogen) atoms. The fourth-order valence-corrected chi connectivity index (χ4v) is 7.15. The van der Waals surface area contributed by atoms with Crippen LogP contribution < -0.4 is 16.0 Å². The number of rotatable bonds is 4. The summed E-state index contributed by atoms with van der Waals surface area (Å²) in [6.45, 7) is 4.76. The summed E-state index contributed by atoms with van der Waals surface area (Å²) in [7, 11) is 0. The van der Waals surface area contributed by atoms with E-state index in [2.05, 4.69) is 40.6 Å². The summed E-state index contributed by atoms with van der Waals surface area (Å²) in [6, 6.07) is 16.8. The number of nitrogens with zero attached hydrogens (tertiary/aromatic N) is 1. The molecule has 0 unspecified atom stereocenters. The Morgan fingerprint density at radius 2 is 1.73 bits per heavy atom. The number of alkyl halides is 1. The van der Waals surface area contributed by atoms with Gasteiger partial charge in [0.15, 0.2) is 0 Å². The van der Waals surface area contributed by atoms with E-state index in [1.165, 1.54) is 21.2 Å². The number of amides is 2. The molecule has 0 radical (unpaired) electrons. The van der Waals surface area contributed by atoms with Crippen LogP contribution in [-0.4, -0.2) is 34.2 Å². The molecule has 1 aliphatic heterocycles. The van der Waals surface area contributed by atoms with E-state index < -0.39 is 0 Å². The Kier molecular flexibility index (Phi) is 5.66. The van der Waals surface area contributed by atoms with Crippen LogP contribution >= 0.6 is 22.9 Å². The van der Waals surface area contributed by atoms with Crippen molar-refractivity contribution in [2.45, 2.75) is 19.8 Å². The van der Waals surface area contributed by atoms with Gasteiger partial charge in [-0.15, -0.1) is 22.9 Å². The van der Waals surface area contributed by atoms with E-state index in [0.29, 0.717) is 35.2 Å². The molecule has 0 saturated heterocycles. The number of nitrogen functional groups attached to an aromatic ring is 1. The molecule has 0 aliphatic carbocycles. The minimum atomic E-state index is -0.257. The average molecular weight is 568 g/mol. The van der Waals surface area contributed by atoms with Crippen LogP contribution in [0.1, 0.15) is 43.6 Å². The normalized spacial score (nSPS) is 14.9. The standard InChI is InChI=1S/C31H26ClN5O2S/c1-15-7-26-28(27-16(2)14-40-29(15)27)19(12-32)13-37(26)31(39)25-11-18-9-21(4-6-23(18)36-25)34-30(38)24-10-17-8-20(33)3-5-22(17)35-24/h3-11,14,19,35-36H,12-13,33H2,1-2H3,(H,34,38)/t19-/m0/s1. The van der Waals surface area contributed by atoms with E-state index in [4.69, 9.17) is 17.3 Å². The summed E-state index contributed by atoms with van der Waals surface area (Å²) in [5.74, 6) is 0.167. The molecule has 6 aromatic rings. The summed E-state index contributed by atoms with van der Waals surface area (Å²) in [6.07, 6.45) is 0. The van der Waals surface area contributed by atoms with E-state index in [9.17, 15) is 9.59 Å². The van der Waals surface area contributed by atoms with Crippen LogP contribution in [0.25, 0.3) is 31.9 Å². The van der Waals surface area contributed by atoms with Crippen LogP contribution in [-0.2, 0) is 0 Å². The molecule has 9 heteroatoms. The molecule has 1 atom stereocenters. The van der Waals surface area contributed by atoms with Gasteiger partial charge in [-0.25, -0.2) is 0 Å². The second kappa shape index (κ2) is 9.15. The van der Waals surface area contributed by atoms with Crippen LogP contribution in [0.15, 0.2) is 60.0 Å². The van der Waals surface area contributed by atoms with Gasteiger partial charge in [0.2, 0.25) is 0 Å². The number of aromatic nitrogens is 2. The lowest BCUT2D eigenvalue weighted by atomic mass is 9.95. The summed E-state index contributed by atoms with van der Waals surface area (Å²) in [4.78, 5) is 35.0. The van der Waals surface area contributed by atoms with Gasteiger partial charge >= 0.3 is 0 Å². The number of thiophene rings is 1. The smallest absolute Gasteiger partial charge is 0.274 e. The van der Waals surface area contributed by atoms with Crippen LogP contribution in [0.5, 0.6) is 0 Å². The van der Waals surface area contributed by atoms with Crippen molar-refractivity contribution in [2.24, 2.45) is 0 Å². The van der Waals surface area contributed by atoms with Crippen molar-refractivity contribution in [3.63, 3.8) is 0 Å². The number of carbonyl (C=O) groups is 2. The first-order chi connectivity index (χ1) is 19.3. The number of benzene rings is 3. The number of halogens is 1. The highest BCUT2D eigenvalue weighted by Crippen LogP contribution is 2.46. The molecule has 5 N–H and O–H groups in total. The molecule has 3 aromatic carbocycles. The lowest BCUT2D eigenvalue weighted by molar-refractivity contribution is 0.0983. The predicted octanol–water partition coefficient (Wildman–Crippen LogP) is 7.30. The third-order valence-corrected chi connectivity index (χ3v) is 9.37. The van der Waals surface area contributed by atoms with Crippen LogP contribution in [0.2, 0.25) is 0 Å². The van der Waals surface area contributed by atoms with Crippen molar-refractivity contribution in [3.8, 4) is 0 Å². The highest BCUT2D eigenvalue weighted by atomic mass is 35.5. The van der Waals surface area contributed by atoms with Crippen molar-refractivity contribution in [1.82, 2.24) is 9.97 Å². The molecule has 0 saturated carbocycles. The molecule has 0 spiro atoms. The Bertz CT molecular complexity index is 2000. The fourth-order valence-electron chi connectivity index (χ4n) is 5.85. The molecule has 1 aliphatic rings. The monoisotopic (exact) mass is 567 g/mol. The number of aryl methyl sites for hydroxylation is 2. The van der Waals surface area contributed by atoms with Crippen molar-refractivity contribution in [3.05, 3.63) is 88.1 Å². The van der Waals surface area contributed by atoms with E-state index in [1.54, 1.807) is 23.5 Å². The van der Waals surface area contributed by atoms with Crippen LogP contribution in [0, 0.1) is 13.8 Å². The van der Waals surface area contributed by atoms with E-state index >= 15 is 0 Å². The topological polar surface area (TPSA) is 107 Å². The SMILES string of the molecule is Cc1cc2c(c3c(C)csc13)[C@@H](CCl)CN2C(=O)c1cc2cc(NC(=O)c3cc4cc(N)ccc4[nH]3)ccc2[nH]1. The predicted molar refractivity (Wildman–Crippen MR) is 165 cm³/mol. The number of hydrogen-bond donors (Lipinski definition) is 4. The Balaban J connectivity index is 1.18. The minimum Gasteiger partial charge on any atom is -0.399 e. The molecular formula is C31H26ClN5O2S. The lowest BCUT2D eigenvalue weighted by Gasteiger charge is -2.17. The molecule has 0 bridgehead atoms. The van der Waals surface area contributed by atoms with E-state index in [1.807, 2.05) is 41.3 Å². The van der Waals surface area contributed by atoms with Crippen LogP contribution in [0.3, 0.4) is 0 Å². The Morgan fingerprint density at radius 3 is 2.52 bits per heavy atom. The molecule has 7 rings (SSSR count). The molecule has 4 heterocycles. The largest absolute Gasteiger partial charge is 0.399 e.